The lowest BCUT2D eigenvalue weighted by Gasteiger charge is -2.27. The minimum Gasteiger partial charge on any atom is -0.481 e. The maximum Gasteiger partial charge on any atom is 0.310 e. The van der Waals surface area contributed by atoms with Crippen LogP contribution in [0.5, 0.6) is 11.5 Å². The molecule has 0 unspecified atom stereocenters. The predicted octanol–water partition coefficient (Wildman–Crippen LogP) is 1.34. The van der Waals surface area contributed by atoms with Crippen molar-refractivity contribution < 1.29 is 28.9 Å². The summed E-state index contributed by atoms with van der Waals surface area (Å²) >= 11 is 0. The van der Waals surface area contributed by atoms with Crippen LogP contribution < -0.4 is 9.47 Å². The number of benzene rings is 1. The Morgan fingerprint density at radius 3 is 2.96 bits per heavy atom. The van der Waals surface area contributed by atoms with Gasteiger partial charge in [0.05, 0.1) is 24.6 Å². The second kappa shape index (κ2) is 4.76. The van der Waals surface area contributed by atoms with Crippen molar-refractivity contribution in [1.29, 1.82) is 0 Å². The summed E-state index contributed by atoms with van der Waals surface area (Å²) in [5.74, 6) is -1.26. The fraction of sp³-hybridized carbons (Fsp3) is 0.444. The van der Waals surface area contributed by atoms with E-state index in [1.54, 1.807) is 11.0 Å². The van der Waals surface area contributed by atoms with E-state index < -0.39 is 29.5 Å². The van der Waals surface area contributed by atoms with Crippen molar-refractivity contribution in [2.75, 3.05) is 13.3 Å². The maximum atomic E-state index is 13.0. The Morgan fingerprint density at radius 1 is 1.36 bits per heavy atom. The average molecular weight is 343 g/mol. The lowest BCUT2D eigenvalue weighted by Crippen LogP contribution is -2.39. The minimum absolute atomic E-state index is 0.163. The van der Waals surface area contributed by atoms with E-state index in [-0.39, 0.29) is 18.7 Å². The van der Waals surface area contributed by atoms with Gasteiger partial charge in [-0.05, 0) is 24.6 Å². The molecule has 5 rings (SSSR count). The molecule has 7 heteroatoms. The summed E-state index contributed by atoms with van der Waals surface area (Å²) in [6.07, 6.45) is 3.14. The standard InChI is InChI=1S/C18H17NO6/c1-9(10-2-3-11-13(6-10)24-8-23-11)19-7-18-5-4-12(25-18)14(17(21)22)15(18)16(19)20/h2-6,9,12,14-15H,7-8H2,1H3,(H,21,22)/t9-,12-,14+,15-,18+/m1/s1. The molecule has 1 amide bonds. The molecule has 2 bridgehead atoms. The molecular formula is C18H17NO6. The zero-order valence-electron chi connectivity index (χ0n) is 13.5. The lowest BCUT2D eigenvalue weighted by molar-refractivity contribution is -0.148. The van der Waals surface area contributed by atoms with E-state index in [4.69, 9.17) is 14.2 Å². The van der Waals surface area contributed by atoms with Gasteiger partial charge in [0.1, 0.15) is 11.5 Å². The Morgan fingerprint density at radius 2 is 2.16 bits per heavy atom. The number of rotatable bonds is 3. The van der Waals surface area contributed by atoms with Gasteiger partial charge in [-0.15, -0.1) is 0 Å². The fourth-order valence-electron chi connectivity index (χ4n) is 4.49. The average Bonchev–Trinajstić information content (AvgIpc) is 3.33. The van der Waals surface area contributed by atoms with Crippen molar-refractivity contribution in [2.45, 2.75) is 24.7 Å². The van der Waals surface area contributed by atoms with Crippen LogP contribution in [0.1, 0.15) is 18.5 Å². The van der Waals surface area contributed by atoms with Gasteiger partial charge in [-0.2, -0.15) is 0 Å². The van der Waals surface area contributed by atoms with Gasteiger partial charge in [0.15, 0.2) is 11.5 Å². The summed E-state index contributed by atoms with van der Waals surface area (Å²) in [4.78, 5) is 26.4. The number of carboxylic acid groups (broad SMARTS) is 1. The van der Waals surface area contributed by atoms with Gasteiger partial charge in [0.2, 0.25) is 12.7 Å². The topological polar surface area (TPSA) is 85.3 Å². The first-order valence-corrected chi connectivity index (χ1v) is 8.30. The summed E-state index contributed by atoms with van der Waals surface area (Å²) in [5.41, 5.74) is 0.106. The van der Waals surface area contributed by atoms with E-state index in [9.17, 15) is 14.7 Å². The van der Waals surface area contributed by atoms with Crippen LogP contribution in [0.25, 0.3) is 0 Å². The number of carbonyl (C=O) groups excluding carboxylic acids is 1. The van der Waals surface area contributed by atoms with Crippen molar-refractivity contribution >= 4 is 11.9 Å². The summed E-state index contributed by atoms with van der Waals surface area (Å²) in [5, 5.41) is 9.53. The number of hydrogen-bond donors (Lipinski definition) is 1. The first-order chi connectivity index (χ1) is 12.0. The third kappa shape index (κ3) is 1.84. The van der Waals surface area contributed by atoms with Crippen molar-refractivity contribution in [1.82, 2.24) is 4.90 Å². The van der Waals surface area contributed by atoms with Crippen molar-refractivity contribution in [3.8, 4) is 11.5 Å². The Balaban J connectivity index is 1.47. The van der Waals surface area contributed by atoms with Crippen LogP contribution in [0, 0.1) is 11.8 Å². The van der Waals surface area contributed by atoms with E-state index in [1.165, 1.54) is 0 Å². The first-order valence-electron chi connectivity index (χ1n) is 8.30. The minimum atomic E-state index is -0.979. The zero-order chi connectivity index (χ0) is 17.3. The Kier molecular flexibility index (Phi) is 2.81. The molecule has 1 aromatic rings. The molecule has 4 heterocycles. The van der Waals surface area contributed by atoms with Crippen molar-refractivity contribution in [3.05, 3.63) is 35.9 Å². The molecule has 2 fully saturated rings. The van der Waals surface area contributed by atoms with Crippen LogP contribution in [-0.2, 0) is 14.3 Å². The number of carbonyl (C=O) groups is 2. The molecule has 4 aliphatic rings. The van der Waals surface area contributed by atoms with Crippen LogP contribution in [-0.4, -0.2) is 46.9 Å². The molecule has 0 aromatic heterocycles. The highest BCUT2D eigenvalue weighted by Gasteiger charge is 2.67. The Bertz CT molecular complexity index is 820. The molecule has 0 aliphatic carbocycles. The molecule has 5 atom stereocenters. The number of likely N-dealkylation sites (tertiary alicyclic amines) is 1. The summed E-state index contributed by atoms with van der Waals surface area (Å²) in [6.45, 7) is 2.49. The molecule has 1 N–H and O–H groups in total. The highest BCUT2D eigenvalue weighted by atomic mass is 16.7. The van der Waals surface area contributed by atoms with E-state index in [0.29, 0.717) is 18.0 Å². The number of carboxylic acids is 1. The zero-order valence-corrected chi connectivity index (χ0v) is 13.5. The van der Waals surface area contributed by atoms with Crippen LogP contribution in [0.3, 0.4) is 0 Å². The van der Waals surface area contributed by atoms with Crippen LogP contribution in [0.2, 0.25) is 0 Å². The van der Waals surface area contributed by atoms with Gasteiger partial charge in [-0.1, -0.05) is 18.2 Å². The third-order valence-electron chi connectivity index (χ3n) is 5.76. The molecule has 25 heavy (non-hydrogen) atoms. The largest absolute Gasteiger partial charge is 0.481 e. The number of hydrogen-bond acceptors (Lipinski definition) is 5. The van der Waals surface area contributed by atoms with Gasteiger partial charge in [-0.25, -0.2) is 0 Å². The maximum absolute atomic E-state index is 13.0. The normalized spacial score (nSPS) is 35.3. The highest BCUT2D eigenvalue weighted by Crippen LogP contribution is 2.53. The smallest absolute Gasteiger partial charge is 0.310 e. The van der Waals surface area contributed by atoms with E-state index >= 15 is 0 Å². The SMILES string of the molecule is C[C@H](c1ccc2c(c1)OCO2)N1C[C@]23C=C[C@@H](O2)[C@H](C(=O)O)[C@@H]3C1=O. The van der Waals surface area contributed by atoms with Gasteiger partial charge in [0.25, 0.3) is 0 Å². The number of nitrogens with zero attached hydrogens (tertiary/aromatic N) is 1. The number of fused-ring (bicyclic) bond motifs is 2. The Labute approximate surface area is 143 Å². The second-order valence-corrected chi connectivity index (χ2v) is 6.99. The molecule has 7 nitrogen and oxygen atoms in total. The van der Waals surface area contributed by atoms with Crippen LogP contribution >= 0.6 is 0 Å². The molecule has 2 saturated heterocycles. The van der Waals surface area contributed by atoms with Crippen molar-refractivity contribution in [2.24, 2.45) is 11.8 Å². The molecular weight excluding hydrogens is 326 g/mol. The highest BCUT2D eigenvalue weighted by molar-refractivity contribution is 5.91. The summed E-state index contributed by atoms with van der Waals surface area (Å²) in [7, 11) is 0. The van der Waals surface area contributed by atoms with Gasteiger partial charge >= 0.3 is 5.97 Å². The van der Waals surface area contributed by atoms with E-state index in [0.717, 1.165) is 5.56 Å². The molecule has 130 valence electrons. The molecule has 1 aromatic carbocycles. The lowest BCUT2D eigenvalue weighted by atomic mass is 9.77. The van der Waals surface area contributed by atoms with Gasteiger partial charge in [0, 0.05) is 0 Å². The summed E-state index contributed by atoms with van der Waals surface area (Å²) < 4.78 is 16.7. The Hall–Kier alpha value is -2.54. The third-order valence-corrected chi connectivity index (χ3v) is 5.76. The van der Waals surface area contributed by atoms with Gasteiger partial charge in [-0.3, -0.25) is 9.59 Å². The van der Waals surface area contributed by atoms with Gasteiger partial charge < -0.3 is 24.2 Å². The van der Waals surface area contributed by atoms with Crippen LogP contribution in [0.15, 0.2) is 30.4 Å². The number of aliphatic carboxylic acids is 1. The fourth-order valence-corrected chi connectivity index (χ4v) is 4.49. The molecule has 1 spiro atoms. The number of amides is 1. The first kappa shape index (κ1) is 14.8. The predicted molar refractivity (Wildman–Crippen MR) is 84.1 cm³/mol. The monoisotopic (exact) mass is 343 g/mol. The van der Waals surface area contributed by atoms with Crippen LogP contribution in [0.4, 0.5) is 0 Å². The number of ether oxygens (including phenoxy) is 3. The molecule has 0 radical (unpaired) electrons. The van der Waals surface area contributed by atoms with E-state index in [1.807, 2.05) is 31.2 Å². The van der Waals surface area contributed by atoms with E-state index in [2.05, 4.69) is 0 Å². The summed E-state index contributed by atoms with van der Waals surface area (Å²) in [6, 6.07) is 5.39. The second-order valence-electron chi connectivity index (χ2n) is 6.99. The van der Waals surface area contributed by atoms with Crippen molar-refractivity contribution in [3.63, 3.8) is 0 Å². The molecule has 4 aliphatic heterocycles. The molecule has 0 saturated carbocycles. The quantitative estimate of drug-likeness (QED) is 0.834.